The lowest BCUT2D eigenvalue weighted by Gasteiger charge is -2.34. The number of nitrogens with zero attached hydrogens (tertiary/aromatic N) is 9. The van der Waals surface area contributed by atoms with Crippen LogP contribution in [0.25, 0.3) is 28.0 Å². The van der Waals surface area contributed by atoms with Gasteiger partial charge < -0.3 is 24.4 Å². The molecule has 4 N–H and O–H groups in total. The van der Waals surface area contributed by atoms with Crippen LogP contribution in [0.4, 0.5) is 5.95 Å². The van der Waals surface area contributed by atoms with E-state index in [0.717, 1.165) is 12.2 Å². The molecule has 0 radical (unpaired) electrons. The van der Waals surface area contributed by atoms with Crippen LogP contribution >= 0.6 is 0 Å². The summed E-state index contributed by atoms with van der Waals surface area (Å²) in [6.45, 7) is 2.87. The fourth-order valence-electron chi connectivity index (χ4n) is 5.26. The van der Waals surface area contributed by atoms with Gasteiger partial charge in [0, 0.05) is 45.0 Å². The van der Waals surface area contributed by atoms with Crippen LogP contribution in [0, 0.1) is 0 Å². The molecule has 0 spiro atoms. The summed E-state index contributed by atoms with van der Waals surface area (Å²) < 4.78 is 7.17. The number of para-hydroxylation sites is 1. The number of hydrogen-bond acceptors (Lipinski definition) is 11. The number of hydrogen-bond donors (Lipinski definition) is 3. The van der Waals surface area contributed by atoms with Crippen molar-refractivity contribution in [3.63, 3.8) is 0 Å². The molecule has 0 aliphatic carbocycles. The molecule has 1 aromatic carbocycles. The molecule has 6 rings (SSSR count). The molecule has 232 valence electrons. The van der Waals surface area contributed by atoms with Gasteiger partial charge in [0.25, 0.3) is 11.7 Å². The van der Waals surface area contributed by atoms with E-state index in [1.165, 1.54) is 24.4 Å². The molecule has 5 heterocycles. The van der Waals surface area contributed by atoms with Gasteiger partial charge in [0.1, 0.15) is 17.1 Å². The number of anilines is 1. The van der Waals surface area contributed by atoms with E-state index >= 15 is 0 Å². The van der Waals surface area contributed by atoms with Crippen molar-refractivity contribution in [2.24, 2.45) is 0 Å². The number of pyridine rings is 1. The van der Waals surface area contributed by atoms with Crippen molar-refractivity contribution in [2.75, 3.05) is 65.4 Å². The van der Waals surface area contributed by atoms with E-state index in [0.29, 0.717) is 72.4 Å². The van der Waals surface area contributed by atoms with E-state index in [1.807, 2.05) is 54.2 Å². The number of ketones is 1. The number of ether oxygens (including phenoxy) is 1. The Bertz CT molecular complexity index is 1840. The quantitative estimate of drug-likeness (QED) is 0.139. The fraction of sp³-hybridized carbons (Fsp3) is 0.310. The lowest BCUT2D eigenvalue weighted by Crippen LogP contribution is -2.89. The minimum Gasteiger partial charge on any atom is -0.494 e. The molecule has 0 saturated carbocycles. The van der Waals surface area contributed by atoms with Gasteiger partial charge in [-0.25, -0.2) is 9.78 Å². The second-order valence-corrected chi connectivity index (χ2v) is 10.8. The molecule has 2 amide bonds. The second kappa shape index (κ2) is 12.6. The Hall–Kier alpha value is -5.48. The van der Waals surface area contributed by atoms with E-state index < -0.39 is 11.7 Å². The summed E-state index contributed by atoms with van der Waals surface area (Å²) in [5, 5.41) is 21.2. The van der Waals surface area contributed by atoms with E-state index in [1.54, 1.807) is 16.1 Å². The molecule has 1 saturated heterocycles. The molecule has 0 unspecified atom stereocenters. The van der Waals surface area contributed by atoms with Crippen molar-refractivity contribution >= 4 is 34.4 Å². The van der Waals surface area contributed by atoms with Crippen LogP contribution in [-0.4, -0.2) is 128 Å². The smallest absolute Gasteiger partial charge is 0.360 e. The maximum Gasteiger partial charge on any atom is 0.360 e. The van der Waals surface area contributed by atoms with E-state index in [4.69, 9.17) is 4.74 Å². The molecular weight excluding hydrogens is 580 g/mol. The number of likely N-dealkylation sites (N-methyl/N-ethyl adjacent to an activating group) is 1. The first-order chi connectivity index (χ1) is 21.9. The van der Waals surface area contributed by atoms with Crippen LogP contribution in [0.1, 0.15) is 20.8 Å². The number of benzene rings is 1. The number of quaternary nitrogens is 1. The lowest BCUT2D eigenvalue weighted by atomic mass is 10.1. The summed E-state index contributed by atoms with van der Waals surface area (Å²) in [6.07, 6.45) is 2.96. The highest BCUT2D eigenvalue weighted by Gasteiger charge is 2.31. The Morgan fingerprint density at radius 1 is 1.09 bits per heavy atom. The summed E-state index contributed by atoms with van der Waals surface area (Å²) >= 11 is 0. The van der Waals surface area contributed by atoms with Crippen LogP contribution in [0.15, 0.2) is 48.8 Å². The number of aromatic nitrogens is 8. The molecule has 1 aliphatic heterocycles. The van der Waals surface area contributed by atoms with E-state index in [-0.39, 0.29) is 11.5 Å². The van der Waals surface area contributed by atoms with Crippen molar-refractivity contribution in [1.82, 2.24) is 50.2 Å². The molecule has 0 atom stereocenters. The number of nitrogens with one attached hydrogen (secondary N) is 2. The van der Waals surface area contributed by atoms with Gasteiger partial charge in [0.2, 0.25) is 5.95 Å². The highest BCUT2D eigenvalue weighted by molar-refractivity contribution is 6.45. The summed E-state index contributed by atoms with van der Waals surface area (Å²) in [5.41, 5.74) is 2.59. The number of rotatable bonds is 10. The molecule has 16 heteroatoms. The monoisotopic (exact) mass is 613 g/mol. The molecular formula is C29H33N12O4+. The largest absolute Gasteiger partial charge is 0.494 e. The Morgan fingerprint density at radius 3 is 2.60 bits per heavy atom. The normalized spacial score (nSPS) is 13.5. The number of tetrazole rings is 1. The van der Waals surface area contributed by atoms with Gasteiger partial charge in [0.15, 0.2) is 5.69 Å². The average molecular weight is 614 g/mol. The van der Waals surface area contributed by atoms with Crippen molar-refractivity contribution in [3.05, 3.63) is 60.0 Å². The maximum absolute atomic E-state index is 13.6. The van der Waals surface area contributed by atoms with E-state index in [9.17, 15) is 14.4 Å². The third-order valence-electron chi connectivity index (χ3n) is 7.63. The molecule has 16 nitrogen and oxygen atoms in total. The van der Waals surface area contributed by atoms with Crippen molar-refractivity contribution in [2.45, 2.75) is 0 Å². The van der Waals surface area contributed by atoms with Gasteiger partial charge in [-0.2, -0.15) is 9.78 Å². The predicted octanol–water partition coefficient (Wildman–Crippen LogP) is -0.266. The third kappa shape index (κ3) is 5.87. The number of carbonyl (C=O) groups excluding carboxylic acids is 3. The van der Waals surface area contributed by atoms with Gasteiger partial charge in [-0.15, -0.1) is 0 Å². The topological polar surface area (TPSA) is 188 Å². The standard InChI is InChI=1S/C29H32N12O4/c1-38(2)10-9-30-27(43)21-15-20(33-34-21)24-25-23(22(45-3)17-32-24)19(16-31-25)26(42)28(44)39-11-13-40(14-12-39)29-35-36-37-41(29)18-7-5-4-6-8-18/h4-8,15-17,31H,9-14H2,1-3H3,(H,30,43)(H,33,34)/p+1. The number of aromatic amines is 2. The third-order valence-corrected chi connectivity index (χ3v) is 7.63. The number of methoxy groups -OCH3 is 1. The number of amides is 2. The minimum atomic E-state index is -0.673. The molecule has 1 aliphatic rings. The zero-order valence-corrected chi connectivity index (χ0v) is 25.1. The number of primary amides is 1. The number of Topliss-reactive ketones (excluding diaryl/α,β-unsaturated/α-hetero) is 1. The highest BCUT2D eigenvalue weighted by atomic mass is 16.5. The van der Waals surface area contributed by atoms with Gasteiger partial charge >= 0.3 is 5.91 Å². The number of fused-ring (bicyclic) bond motifs is 1. The van der Waals surface area contributed by atoms with Crippen molar-refractivity contribution in [3.8, 4) is 22.8 Å². The van der Waals surface area contributed by atoms with Crippen LogP contribution in [0.2, 0.25) is 0 Å². The van der Waals surface area contributed by atoms with Gasteiger partial charge in [-0.05, 0) is 36.7 Å². The first-order valence-corrected chi connectivity index (χ1v) is 14.4. The summed E-state index contributed by atoms with van der Waals surface area (Å²) in [6, 6.07) is 11.2. The SMILES string of the molecule is COc1cnc(-c2cc(C(=O)[NH2+]CCN(C)C)[nH]n2)c2[nH]cc(C(=O)C(=O)N3CCN(c4nnnn4-c4ccccc4)CC3)c12. The first kappa shape index (κ1) is 29.6. The molecule has 5 aromatic rings. The number of carbonyl (C=O) groups is 3. The Morgan fingerprint density at radius 2 is 1.87 bits per heavy atom. The maximum atomic E-state index is 13.6. The summed E-state index contributed by atoms with van der Waals surface area (Å²) in [5.74, 6) is -0.583. The minimum absolute atomic E-state index is 0.162. The molecule has 1 fully saturated rings. The van der Waals surface area contributed by atoms with Crippen LogP contribution < -0.4 is 15.0 Å². The van der Waals surface area contributed by atoms with Gasteiger partial charge in [-0.1, -0.05) is 23.3 Å². The van der Waals surface area contributed by atoms with Gasteiger partial charge in [-0.3, -0.25) is 20.0 Å². The van der Waals surface area contributed by atoms with Gasteiger partial charge in [0.05, 0.1) is 42.0 Å². The van der Waals surface area contributed by atoms with Crippen LogP contribution in [0.3, 0.4) is 0 Å². The Balaban J connectivity index is 1.19. The Labute approximate surface area is 257 Å². The lowest BCUT2D eigenvalue weighted by molar-refractivity contribution is -0.554. The zero-order valence-electron chi connectivity index (χ0n) is 25.1. The fourth-order valence-corrected chi connectivity index (χ4v) is 5.26. The molecule has 45 heavy (non-hydrogen) atoms. The summed E-state index contributed by atoms with van der Waals surface area (Å²) in [7, 11) is 5.35. The van der Waals surface area contributed by atoms with Crippen molar-refractivity contribution < 1.29 is 24.4 Å². The summed E-state index contributed by atoms with van der Waals surface area (Å²) in [4.78, 5) is 52.8. The number of piperazine rings is 1. The highest BCUT2D eigenvalue weighted by Crippen LogP contribution is 2.34. The molecule has 0 bridgehead atoms. The molecule has 4 aromatic heterocycles. The number of nitrogens with two attached hydrogens (primary N) is 1. The first-order valence-electron chi connectivity index (χ1n) is 14.4. The van der Waals surface area contributed by atoms with Crippen LogP contribution in [-0.2, 0) is 4.79 Å². The Kier molecular flexibility index (Phi) is 8.30. The second-order valence-electron chi connectivity index (χ2n) is 10.8. The van der Waals surface area contributed by atoms with Crippen molar-refractivity contribution in [1.29, 1.82) is 0 Å². The number of H-pyrrole nitrogens is 2. The van der Waals surface area contributed by atoms with Crippen LogP contribution in [0.5, 0.6) is 5.75 Å². The van der Waals surface area contributed by atoms with E-state index in [2.05, 4.69) is 35.7 Å². The average Bonchev–Trinajstić information content (AvgIpc) is 3.84. The predicted molar refractivity (Wildman–Crippen MR) is 162 cm³/mol. The zero-order chi connectivity index (χ0) is 31.5.